The zero-order chi connectivity index (χ0) is 15.4. The van der Waals surface area contributed by atoms with Crippen molar-refractivity contribution >= 4 is 0 Å². The van der Waals surface area contributed by atoms with Crippen LogP contribution in [0.4, 0.5) is 4.39 Å². The first kappa shape index (κ1) is 15.5. The summed E-state index contributed by atoms with van der Waals surface area (Å²) in [4.78, 5) is 14.4. The van der Waals surface area contributed by atoms with E-state index in [2.05, 4.69) is 4.98 Å². The van der Waals surface area contributed by atoms with Crippen LogP contribution in [0.5, 0.6) is 5.88 Å². The van der Waals surface area contributed by atoms with E-state index in [4.69, 9.17) is 18.9 Å². The Kier molecular flexibility index (Phi) is 4.75. The Hall–Kier alpha value is -1.44. The van der Waals surface area contributed by atoms with Crippen LogP contribution in [0.3, 0.4) is 0 Å². The van der Waals surface area contributed by atoms with Crippen LogP contribution in [-0.4, -0.2) is 44.3 Å². The van der Waals surface area contributed by atoms with Gasteiger partial charge in [0, 0.05) is 18.7 Å². The Morgan fingerprint density at radius 2 is 2.18 bits per heavy atom. The molecule has 3 heterocycles. The van der Waals surface area contributed by atoms with E-state index in [9.17, 15) is 9.18 Å². The van der Waals surface area contributed by atoms with Crippen LogP contribution in [0.2, 0.25) is 0 Å². The van der Waals surface area contributed by atoms with Crippen LogP contribution in [0.15, 0.2) is 16.9 Å². The standard InChI is InChI=1S/C15H20FNO5/c16-15(9-19-10-15)12-7-11(18)8-13(17-12)20-5-6-22-14-3-1-2-4-21-14/h7-8,14H,1-6,9-10H2,(H,17,18). The molecule has 0 aromatic carbocycles. The number of H-pyrrole nitrogens is 1. The summed E-state index contributed by atoms with van der Waals surface area (Å²) in [5.41, 5.74) is -1.73. The molecule has 3 rings (SSSR count). The van der Waals surface area contributed by atoms with Gasteiger partial charge in [0.2, 0.25) is 0 Å². The van der Waals surface area contributed by atoms with E-state index in [-0.39, 0.29) is 43.1 Å². The van der Waals surface area contributed by atoms with Crippen molar-refractivity contribution in [3.8, 4) is 5.88 Å². The Bertz CT molecular complexity index is 551. The molecule has 22 heavy (non-hydrogen) atoms. The van der Waals surface area contributed by atoms with Gasteiger partial charge in [0.25, 0.3) is 0 Å². The topological polar surface area (TPSA) is 69.8 Å². The molecule has 7 heteroatoms. The predicted octanol–water partition coefficient (Wildman–Crippen LogP) is 1.49. The summed E-state index contributed by atoms with van der Waals surface area (Å²) in [7, 11) is 0. The minimum atomic E-state index is -1.62. The number of aromatic nitrogens is 1. The van der Waals surface area contributed by atoms with Crippen LogP contribution < -0.4 is 10.2 Å². The molecule has 1 unspecified atom stereocenters. The molecule has 1 aromatic heterocycles. The number of hydrogen-bond acceptors (Lipinski definition) is 5. The fourth-order valence-corrected chi connectivity index (χ4v) is 2.45. The van der Waals surface area contributed by atoms with Crippen molar-refractivity contribution in [3.05, 3.63) is 28.0 Å². The molecule has 122 valence electrons. The zero-order valence-electron chi connectivity index (χ0n) is 12.3. The highest BCUT2D eigenvalue weighted by atomic mass is 19.1. The minimum Gasteiger partial charge on any atom is -0.476 e. The summed E-state index contributed by atoms with van der Waals surface area (Å²) >= 11 is 0. The molecule has 1 atom stereocenters. The minimum absolute atomic E-state index is 0.0471. The fraction of sp³-hybridized carbons (Fsp3) is 0.667. The first-order valence-electron chi connectivity index (χ1n) is 7.53. The highest BCUT2D eigenvalue weighted by molar-refractivity contribution is 5.22. The van der Waals surface area contributed by atoms with E-state index < -0.39 is 5.67 Å². The van der Waals surface area contributed by atoms with Crippen LogP contribution in [0, 0.1) is 0 Å². The second kappa shape index (κ2) is 6.76. The lowest BCUT2D eigenvalue weighted by Gasteiger charge is -2.33. The number of alkyl halides is 1. The van der Waals surface area contributed by atoms with Gasteiger partial charge in [-0.25, -0.2) is 4.39 Å². The van der Waals surface area contributed by atoms with Gasteiger partial charge >= 0.3 is 0 Å². The first-order chi connectivity index (χ1) is 10.7. The molecule has 2 fully saturated rings. The molecular formula is C15H20FNO5. The van der Waals surface area contributed by atoms with Crippen LogP contribution in [0.1, 0.15) is 25.0 Å². The Morgan fingerprint density at radius 3 is 2.86 bits per heavy atom. The Morgan fingerprint density at radius 1 is 1.32 bits per heavy atom. The van der Waals surface area contributed by atoms with Gasteiger partial charge < -0.3 is 23.9 Å². The summed E-state index contributed by atoms with van der Waals surface area (Å²) in [6.07, 6.45) is 2.88. The normalized spacial score (nSPS) is 23.8. The van der Waals surface area contributed by atoms with E-state index in [1.165, 1.54) is 12.1 Å². The van der Waals surface area contributed by atoms with E-state index in [0.29, 0.717) is 6.61 Å². The zero-order valence-corrected chi connectivity index (χ0v) is 12.3. The molecule has 1 aromatic rings. The van der Waals surface area contributed by atoms with Crippen molar-refractivity contribution in [3.63, 3.8) is 0 Å². The number of aromatic amines is 1. The number of halogens is 1. The van der Waals surface area contributed by atoms with Crippen LogP contribution >= 0.6 is 0 Å². The molecule has 0 aliphatic carbocycles. The number of rotatable bonds is 6. The molecular weight excluding hydrogens is 293 g/mol. The average molecular weight is 313 g/mol. The van der Waals surface area contributed by atoms with Gasteiger partial charge in [-0.05, 0) is 19.3 Å². The largest absolute Gasteiger partial charge is 0.476 e. The summed E-state index contributed by atoms with van der Waals surface area (Å²) in [5.74, 6) is 0.236. The highest BCUT2D eigenvalue weighted by Crippen LogP contribution is 2.32. The molecule has 0 bridgehead atoms. The Labute approximate surface area is 127 Å². The van der Waals surface area contributed by atoms with Crippen molar-refractivity contribution in [2.24, 2.45) is 0 Å². The smallest absolute Gasteiger partial charge is 0.196 e. The summed E-state index contributed by atoms with van der Waals surface area (Å²) in [6, 6.07) is 2.53. The van der Waals surface area contributed by atoms with E-state index in [0.717, 1.165) is 25.9 Å². The molecule has 0 saturated carbocycles. The third-order valence-corrected chi connectivity index (χ3v) is 3.74. The van der Waals surface area contributed by atoms with Gasteiger partial charge in [0.15, 0.2) is 23.3 Å². The SMILES string of the molecule is O=c1cc(OCCOC2CCCCO2)[nH]c(C2(F)COC2)c1. The van der Waals surface area contributed by atoms with Gasteiger partial charge in [-0.1, -0.05) is 0 Å². The van der Waals surface area contributed by atoms with Gasteiger partial charge in [-0.2, -0.15) is 0 Å². The molecule has 0 radical (unpaired) electrons. The molecule has 2 aliphatic rings. The lowest BCUT2D eigenvalue weighted by Crippen LogP contribution is -2.43. The molecule has 0 spiro atoms. The lowest BCUT2D eigenvalue weighted by molar-refractivity contribution is -0.165. The number of hydrogen-bond donors (Lipinski definition) is 1. The summed E-state index contributed by atoms with van der Waals surface area (Å²) < 4.78 is 35.5. The summed E-state index contributed by atoms with van der Waals surface area (Å²) in [5, 5.41) is 0. The monoisotopic (exact) mass is 313 g/mol. The van der Waals surface area contributed by atoms with E-state index >= 15 is 0 Å². The van der Waals surface area contributed by atoms with Crippen molar-refractivity contribution < 1.29 is 23.3 Å². The maximum atomic E-state index is 14.2. The van der Waals surface area contributed by atoms with Crippen molar-refractivity contribution in [1.82, 2.24) is 4.98 Å². The van der Waals surface area contributed by atoms with Gasteiger partial charge in [-0.3, -0.25) is 4.79 Å². The lowest BCUT2D eigenvalue weighted by atomic mass is 9.99. The first-order valence-corrected chi connectivity index (χ1v) is 7.53. The second-order valence-corrected chi connectivity index (χ2v) is 5.57. The quantitative estimate of drug-likeness (QED) is 0.806. The van der Waals surface area contributed by atoms with Crippen LogP contribution in [-0.2, 0) is 19.9 Å². The fourth-order valence-electron chi connectivity index (χ4n) is 2.45. The van der Waals surface area contributed by atoms with Crippen molar-refractivity contribution in [1.29, 1.82) is 0 Å². The Balaban J connectivity index is 1.50. The number of nitrogens with one attached hydrogen (secondary N) is 1. The van der Waals surface area contributed by atoms with E-state index in [1.54, 1.807) is 0 Å². The molecule has 0 amide bonds. The third-order valence-electron chi connectivity index (χ3n) is 3.74. The van der Waals surface area contributed by atoms with Crippen molar-refractivity contribution in [2.45, 2.75) is 31.2 Å². The predicted molar refractivity (Wildman–Crippen MR) is 75.7 cm³/mol. The molecule has 2 aliphatic heterocycles. The third kappa shape index (κ3) is 3.66. The van der Waals surface area contributed by atoms with Crippen molar-refractivity contribution in [2.75, 3.05) is 33.0 Å². The highest BCUT2D eigenvalue weighted by Gasteiger charge is 2.42. The van der Waals surface area contributed by atoms with E-state index in [1.807, 2.05) is 0 Å². The van der Waals surface area contributed by atoms with Gasteiger partial charge in [0.1, 0.15) is 6.61 Å². The van der Waals surface area contributed by atoms with Gasteiger partial charge in [-0.15, -0.1) is 0 Å². The van der Waals surface area contributed by atoms with Crippen LogP contribution in [0.25, 0.3) is 0 Å². The average Bonchev–Trinajstić information content (AvgIpc) is 2.50. The number of ether oxygens (including phenoxy) is 4. The summed E-state index contributed by atoms with van der Waals surface area (Å²) in [6.45, 7) is 1.24. The maximum absolute atomic E-state index is 14.2. The van der Waals surface area contributed by atoms with Gasteiger partial charge in [0.05, 0.1) is 25.5 Å². The maximum Gasteiger partial charge on any atom is 0.196 e. The number of pyridine rings is 1. The second-order valence-electron chi connectivity index (χ2n) is 5.57. The molecule has 6 nitrogen and oxygen atoms in total. The molecule has 2 saturated heterocycles. The molecule has 1 N–H and O–H groups in total.